The van der Waals surface area contributed by atoms with Crippen molar-refractivity contribution >= 4 is 11.6 Å². The average molecular weight is 287 g/mol. The monoisotopic (exact) mass is 287 g/mol. The van der Waals surface area contributed by atoms with Crippen molar-refractivity contribution in [1.82, 2.24) is 15.0 Å². The number of hydrogen-bond donors (Lipinski definition) is 2. The predicted octanol–water partition coefficient (Wildman–Crippen LogP) is 2.66. The van der Waals surface area contributed by atoms with Crippen molar-refractivity contribution in [1.29, 1.82) is 0 Å². The summed E-state index contributed by atoms with van der Waals surface area (Å²) in [6, 6.07) is 3.83. The maximum Gasteiger partial charge on any atom is 0.212 e. The quantitative estimate of drug-likeness (QED) is 0.851. The number of anilines is 2. The molecule has 0 aliphatic carbocycles. The topological polar surface area (TPSA) is 72.0 Å². The van der Waals surface area contributed by atoms with Gasteiger partial charge in [-0.05, 0) is 11.5 Å². The highest BCUT2D eigenvalue weighted by Gasteiger charge is 2.13. The van der Waals surface area contributed by atoms with Gasteiger partial charge in [0.2, 0.25) is 5.88 Å². The summed E-state index contributed by atoms with van der Waals surface area (Å²) in [5, 5.41) is 6.46. The van der Waals surface area contributed by atoms with Crippen LogP contribution in [-0.2, 0) is 6.54 Å². The highest BCUT2D eigenvalue weighted by Crippen LogP contribution is 2.28. The lowest BCUT2D eigenvalue weighted by atomic mass is 10.0. The Hall–Kier alpha value is -2.37. The Morgan fingerprint density at radius 1 is 1.14 bits per heavy atom. The molecule has 0 bridgehead atoms. The molecule has 2 N–H and O–H groups in total. The molecule has 21 heavy (non-hydrogen) atoms. The van der Waals surface area contributed by atoms with Crippen LogP contribution < -0.4 is 15.4 Å². The van der Waals surface area contributed by atoms with E-state index in [1.807, 2.05) is 19.2 Å². The largest absolute Gasteiger partial charge is 0.481 e. The van der Waals surface area contributed by atoms with Gasteiger partial charge in [0, 0.05) is 31.4 Å². The Kier molecular flexibility index (Phi) is 4.92. The van der Waals surface area contributed by atoms with Crippen LogP contribution in [0, 0.1) is 0 Å². The summed E-state index contributed by atoms with van der Waals surface area (Å²) in [7, 11) is 3.47. The van der Waals surface area contributed by atoms with Gasteiger partial charge in [-0.15, -0.1) is 0 Å². The first kappa shape index (κ1) is 15.0. The van der Waals surface area contributed by atoms with Gasteiger partial charge in [0.1, 0.15) is 18.0 Å². The van der Waals surface area contributed by atoms with Crippen molar-refractivity contribution in [3.63, 3.8) is 0 Å². The highest BCUT2D eigenvalue weighted by atomic mass is 16.5. The molecule has 0 radical (unpaired) electrons. The van der Waals surface area contributed by atoms with Gasteiger partial charge in [0.05, 0.1) is 7.11 Å². The molecule has 0 aliphatic rings. The van der Waals surface area contributed by atoms with E-state index in [-0.39, 0.29) is 0 Å². The molecule has 2 rings (SSSR count). The van der Waals surface area contributed by atoms with Crippen LogP contribution in [0.5, 0.6) is 5.88 Å². The van der Waals surface area contributed by atoms with Crippen molar-refractivity contribution in [3.8, 4) is 5.88 Å². The van der Waals surface area contributed by atoms with Crippen LogP contribution in [0.1, 0.15) is 30.9 Å². The normalized spacial score (nSPS) is 10.5. The van der Waals surface area contributed by atoms with Crippen LogP contribution >= 0.6 is 0 Å². The lowest BCUT2D eigenvalue weighted by Gasteiger charge is -2.16. The lowest BCUT2D eigenvalue weighted by molar-refractivity contribution is 0.397. The highest BCUT2D eigenvalue weighted by molar-refractivity contribution is 5.58. The van der Waals surface area contributed by atoms with Gasteiger partial charge in [0.15, 0.2) is 0 Å². The third-order valence-corrected chi connectivity index (χ3v) is 3.16. The molecule has 2 aromatic rings. The first-order valence-electron chi connectivity index (χ1n) is 6.91. The van der Waals surface area contributed by atoms with E-state index in [1.54, 1.807) is 19.6 Å². The molecule has 6 heteroatoms. The fourth-order valence-corrected chi connectivity index (χ4v) is 2.10. The molecule has 0 aromatic carbocycles. The Bertz CT molecular complexity index is 583. The maximum atomic E-state index is 5.05. The molecule has 0 unspecified atom stereocenters. The third-order valence-electron chi connectivity index (χ3n) is 3.16. The number of nitrogens with zero attached hydrogens (tertiary/aromatic N) is 3. The molecule has 0 aliphatic heterocycles. The van der Waals surface area contributed by atoms with Gasteiger partial charge in [-0.2, -0.15) is 0 Å². The summed E-state index contributed by atoms with van der Waals surface area (Å²) >= 11 is 0. The molecular weight excluding hydrogens is 266 g/mol. The zero-order valence-corrected chi connectivity index (χ0v) is 12.8. The summed E-state index contributed by atoms with van der Waals surface area (Å²) in [4.78, 5) is 12.8. The Labute approximate surface area is 125 Å². The van der Waals surface area contributed by atoms with Crippen molar-refractivity contribution in [2.24, 2.45) is 0 Å². The lowest BCUT2D eigenvalue weighted by Crippen LogP contribution is -2.09. The molecule has 2 heterocycles. The summed E-state index contributed by atoms with van der Waals surface area (Å²) in [6.07, 6.45) is 3.35. The van der Waals surface area contributed by atoms with Crippen LogP contribution in [0.3, 0.4) is 0 Å². The first-order valence-corrected chi connectivity index (χ1v) is 6.91. The van der Waals surface area contributed by atoms with Crippen LogP contribution in [0.25, 0.3) is 0 Å². The zero-order chi connectivity index (χ0) is 15.2. The van der Waals surface area contributed by atoms with Gasteiger partial charge in [0.25, 0.3) is 0 Å². The fraction of sp³-hybridized carbons (Fsp3) is 0.400. The molecule has 0 atom stereocenters. The van der Waals surface area contributed by atoms with Crippen molar-refractivity contribution in [3.05, 3.63) is 35.8 Å². The third kappa shape index (κ3) is 3.59. The molecule has 112 valence electrons. The van der Waals surface area contributed by atoms with E-state index in [0.717, 1.165) is 22.8 Å². The molecule has 0 spiro atoms. The Morgan fingerprint density at radius 2 is 1.90 bits per heavy atom. The van der Waals surface area contributed by atoms with Gasteiger partial charge in [-0.25, -0.2) is 15.0 Å². The van der Waals surface area contributed by atoms with E-state index < -0.39 is 0 Å². The van der Waals surface area contributed by atoms with E-state index in [4.69, 9.17) is 4.74 Å². The molecule has 0 saturated heterocycles. The van der Waals surface area contributed by atoms with E-state index in [9.17, 15) is 0 Å². The zero-order valence-electron chi connectivity index (χ0n) is 12.8. The van der Waals surface area contributed by atoms with E-state index in [0.29, 0.717) is 18.3 Å². The van der Waals surface area contributed by atoms with Crippen molar-refractivity contribution in [2.45, 2.75) is 26.3 Å². The number of rotatable bonds is 6. The van der Waals surface area contributed by atoms with Gasteiger partial charge >= 0.3 is 0 Å². The Morgan fingerprint density at radius 3 is 2.48 bits per heavy atom. The van der Waals surface area contributed by atoms with Crippen LogP contribution in [-0.4, -0.2) is 29.1 Å². The minimum atomic E-state index is 0.324. The molecule has 0 saturated carbocycles. The number of ether oxygens (including phenoxy) is 1. The number of methoxy groups -OCH3 is 1. The van der Waals surface area contributed by atoms with Gasteiger partial charge < -0.3 is 15.4 Å². The number of nitrogens with one attached hydrogen (secondary N) is 2. The summed E-state index contributed by atoms with van der Waals surface area (Å²) < 4.78 is 5.05. The van der Waals surface area contributed by atoms with E-state index in [1.165, 1.54) is 0 Å². The summed E-state index contributed by atoms with van der Waals surface area (Å²) in [6.45, 7) is 4.90. The molecule has 0 fully saturated rings. The van der Waals surface area contributed by atoms with Crippen LogP contribution in [0.15, 0.2) is 24.7 Å². The molecule has 0 amide bonds. The summed E-state index contributed by atoms with van der Waals surface area (Å²) in [5.41, 5.74) is 2.15. The first-order chi connectivity index (χ1) is 10.2. The second-order valence-electron chi connectivity index (χ2n) is 4.95. The number of aromatic nitrogens is 3. The SMILES string of the molecule is CNc1ncnc(NCc2ccc(OC)nc2)c1C(C)C. The average Bonchev–Trinajstić information content (AvgIpc) is 2.52. The van der Waals surface area contributed by atoms with Crippen LogP contribution in [0.2, 0.25) is 0 Å². The summed E-state index contributed by atoms with van der Waals surface area (Å²) in [5.74, 6) is 2.64. The predicted molar refractivity (Wildman–Crippen MR) is 83.8 cm³/mol. The van der Waals surface area contributed by atoms with Crippen LogP contribution in [0.4, 0.5) is 11.6 Å². The van der Waals surface area contributed by atoms with Gasteiger partial charge in [-0.3, -0.25) is 0 Å². The Balaban J connectivity index is 2.15. The number of pyridine rings is 1. The van der Waals surface area contributed by atoms with E-state index in [2.05, 4.69) is 39.4 Å². The second kappa shape index (κ2) is 6.88. The standard InChI is InChI=1S/C15H21N5O/c1-10(2)13-14(16-3)19-9-20-15(13)18-8-11-5-6-12(21-4)17-7-11/h5-7,9-10H,8H2,1-4H3,(H2,16,18,19,20). The maximum absolute atomic E-state index is 5.05. The van der Waals surface area contributed by atoms with E-state index >= 15 is 0 Å². The fourth-order valence-electron chi connectivity index (χ4n) is 2.10. The minimum absolute atomic E-state index is 0.324. The molecule has 2 aromatic heterocycles. The van der Waals surface area contributed by atoms with Crippen molar-refractivity contribution < 1.29 is 4.74 Å². The molecular formula is C15H21N5O. The smallest absolute Gasteiger partial charge is 0.212 e. The number of hydrogen-bond acceptors (Lipinski definition) is 6. The molecule has 6 nitrogen and oxygen atoms in total. The minimum Gasteiger partial charge on any atom is -0.481 e. The van der Waals surface area contributed by atoms with Gasteiger partial charge in [-0.1, -0.05) is 19.9 Å². The van der Waals surface area contributed by atoms with Crippen molar-refractivity contribution in [2.75, 3.05) is 24.8 Å². The second-order valence-corrected chi connectivity index (χ2v) is 4.95.